The number of nitrogen functional groups attached to an aromatic ring is 1. The summed E-state index contributed by atoms with van der Waals surface area (Å²) in [5, 5.41) is 3.26. The highest BCUT2D eigenvalue weighted by atomic mass is 79.9. The quantitative estimate of drug-likeness (QED) is 0.648. The van der Waals surface area contributed by atoms with Crippen LogP contribution in [-0.2, 0) is 0 Å². The lowest BCUT2D eigenvalue weighted by atomic mass is 10.2. The van der Waals surface area contributed by atoms with E-state index in [0.717, 1.165) is 25.2 Å². The van der Waals surface area contributed by atoms with Crippen LogP contribution in [0.5, 0.6) is 0 Å². The smallest absolute Gasteiger partial charge is 0.139 e. The molecule has 1 aliphatic heterocycles. The molecule has 1 fully saturated rings. The molecular formula is C13H19BrFN3. The third-order valence-electron chi connectivity index (χ3n) is 3.26. The molecule has 1 saturated heterocycles. The monoisotopic (exact) mass is 315 g/mol. The molecule has 0 amide bonds. The summed E-state index contributed by atoms with van der Waals surface area (Å²) >= 11 is 3.16. The number of nitrogens with one attached hydrogen (secondary N) is 1. The van der Waals surface area contributed by atoms with Gasteiger partial charge in [-0.15, -0.1) is 0 Å². The van der Waals surface area contributed by atoms with Gasteiger partial charge in [-0.1, -0.05) is 0 Å². The lowest BCUT2D eigenvalue weighted by molar-refractivity contribution is 0.337. The molecule has 0 aliphatic carbocycles. The zero-order chi connectivity index (χ0) is 13.0. The largest absolute Gasteiger partial charge is 0.397 e. The molecule has 3 nitrogen and oxygen atoms in total. The highest BCUT2D eigenvalue weighted by Gasteiger charge is 2.10. The SMILES string of the molecule is Nc1cc(F)c(Br)cc1NCCCN1CCCC1. The number of hydrogen-bond acceptors (Lipinski definition) is 3. The second kappa shape index (κ2) is 6.38. The molecule has 0 atom stereocenters. The summed E-state index contributed by atoms with van der Waals surface area (Å²) in [5.41, 5.74) is 7.01. The summed E-state index contributed by atoms with van der Waals surface area (Å²) in [6, 6.07) is 3.04. The van der Waals surface area contributed by atoms with Crippen LogP contribution in [0.2, 0.25) is 0 Å². The summed E-state index contributed by atoms with van der Waals surface area (Å²) in [6.45, 7) is 4.43. The van der Waals surface area contributed by atoms with Crippen LogP contribution in [0, 0.1) is 5.82 Å². The van der Waals surface area contributed by atoms with Crippen LogP contribution in [0.3, 0.4) is 0 Å². The number of likely N-dealkylation sites (tertiary alicyclic amines) is 1. The molecule has 1 aromatic rings. The second-order valence-corrected chi connectivity index (χ2v) is 5.54. The number of benzene rings is 1. The number of nitrogens with zero attached hydrogens (tertiary/aromatic N) is 1. The first-order valence-corrected chi connectivity index (χ1v) is 7.17. The first-order chi connectivity index (χ1) is 8.66. The Morgan fingerprint density at radius 2 is 2.06 bits per heavy atom. The van der Waals surface area contributed by atoms with Gasteiger partial charge in [0, 0.05) is 12.6 Å². The first-order valence-electron chi connectivity index (χ1n) is 6.37. The van der Waals surface area contributed by atoms with Gasteiger partial charge in [-0.25, -0.2) is 4.39 Å². The summed E-state index contributed by atoms with van der Waals surface area (Å²) in [4.78, 5) is 2.48. The maximum absolute atomic E-state index is 13.2. The van der Waals surface area contributed by atoms with Crippen molar-refractivity contribution in [1.82, 2.24) is 4.90 Å². The van der Waals surface area contributed by atoms with Crippen molar-refractivity contribution in [1.29, 1.82) is 0 Å². The third-order valence-corrected chi connectivity index (χ3v) is 3.87. The topological polar surface area (TPSA) is 41.3 Å². The van der Waals surface area contributed by atoms with Gasteiger partial charge in [0.25, 0.3) is 0 Å². The molecule has 1 aromatic carbocycles. The van der Waals surface area contributed by atoms with Crippen molar-refractivity contribution in [3.05, 3.63) is 22.4 Å². The summed E-state index contributed by atoms with van der Waals surface area (Å²) in [7, 11) is 0. The van der Waals surface area contributed by atoms with E-state index in [1.165, 1.54) is 32.0 Å². The molecule has 0 saturated carbocycles. The number of halogens is 2. The second-order valence-electron chi connectivity index (χ2n) is 4.68. The Kier molecular flexibility index (Phi) is 4.83. The van der Waals surface area contributed by atoms with E-state index in [1.54, 1.807) is 6.07 Å². The zero-order valence-electron chi connectivity index (χ0n) is 10.4. The molecule has 3 N–H and O–H groups in total. The minimum Gasteiger partial charge on any atom is -0.397 e. The molecule has 0 radical (unpaired) electrons. The molecule has 2 rings (SSSR count). The Labute approximate surface area is 116 Å². The van der Waals surface area contributed by atoms with E-state index in [2.05, 4.69) is 26.1 Å². The zero-order valence-corrected chi connectivity index (χ0v) is 12.0. The van der Waals surface area contributed by atoms with Gasteiger partial charge in [-0.05, 0) is 60.9 Å². The highest BCUT2D eigenvalue weighted by Crippen LogP contribution is 2.26. The normalized spacial score (nSPS) is 16.1. The Morgan fingerprint density at radius 3 is 2.78 bits per heavy atom. The Hall–Kier alpha value is -0.810. The van der Waals surface area contributed by atoms with Gasteiger partial charge in [0.2, 0.25) is 0 Å². The van der Waals surface area contributed by atoms with Crippen molar-refractivity contribution in [3.63, 3.8) is 0 Å². The minimum absolute atomic E-state index is 0.324. The van der Waals surface area contributed by atoms with Gasteiger partial charge in [0.05, 0.1) is 15.8 Å². The van der Waals surface area contributed by atoms with Gasteiger partial charge in [-0.2, -0.15) is 0 Å². The van der Waals surface area contributed by atoms with E-state index >= 15 is 0 Å². The lowest BCUT2D eigenvalue weighted by Crippen LogP contribution is -2.22. The van der Waals surface area contributed by atoms with Crippen LogP contribution >= 0.6 is 15.9 Å². The fourth-order valence-corrected chi connectivity index (χ4v) is 2.59. The van der Waals surface area contributed by atoms with E-state index in [1.807, 2.05) is 0 Å². The van der Waals surface area contributed by atoms with Crippen molar-refractivity contribution in [2.45, 2.75) is 19.3 Å². The Morgan fingerprint density at radius 1 is 1.33 bits per heavy atom. The molecule has 100 valence electrons. The first kappa shape index (κ1) is 13.6. The van der Waals surface area contributed by atoms with Crippen LogP contribution in [0.4, 0.5) is 15.8 Å². The molecule has 0 aromatic heterocycles. The minimum atomic E-state index is -0.324. The fraction of sp³-hybridized carbons (Fsp3) is 0.538. The van der Waals surface area contributed by atoms with Gasteiger partial charge < -0.3 is 16.0 Å². The maximum Gasteiger partial charge on any atom is 0.139 e. The average Bonchev–Trinajstić information content (AvgIpc) is 2.84. The summed E-state index contributed by atoms with van der Waals surface area (Å²) in [6.07, 6.45) is 3.73. The van der Waals surface area contributed by atoms with Crippen molar-refractivity contribution >= 4 is 27.3 Å². The van der Waals surface area contributed by atoms with Gasteiger partial charge in [-0.3, -0.25) is 0 Å². The van der Waals surface area contributed by atoms with Crippen LogP contribution in [-0.4, -0.2) is 31.1 Å². The predicted molar refractivity (Wildman–Crippen MR) is 77.3 cm³/mol. The average molecular weight is 316 g/mol. The fourth-order valence-electron chi connectivity index (χ4n) is 2.25. The van der Waals surface area contributed by atoms with Gasteiger partial charge in [0.15, 0.2) is 0 Å². The molecule has 0 bridgehead atoms. The van der Waals surface area contributed by atoms with E-state index in [9.17, 15) is 4.39 Å². The predicted octanol–water partition coefficient (Wildman–Crippen LogP) is 3.07. The maximum atomic E-state index is 13.2. The van der Waals surface area contributed by atoms with E-state index < -0.39 is 0 Å². The standard InChI is InChI=1S/C13H19BrFN3/c14-10-8-13(12(16)9-11(10)15)17-4-3-7-18-5-1-2-6-18/h8-9,17H,1-7,16H2. The molecule has 1 aliphatic rings. The van der Waals surface area contributed by atoms with Gasteiger partial charge in [0.1, 0.15) is 5.82 Å². The Balaban J connectivity index is 1.77. The Bertz CT molecular complexity index is 405. The van der Waals surface area contributed by atoms with E-state index in [4.69, 9.17) is 5.73 Å². The molecule has 1 heterocycles. The third kappa shape index (κ3) is 3.59. The van der Waals surface area contributed by atoms with Crippen molar-refractivity contribution < 1.29 is 4.39 Å². The van der Waals surface area contributed by atoms with Crippen LogP contribution < -0.4 is 11.1 Å². The summed E-state index contributed by atoms with van der Waals surface area (Å²) in [5.74, 6) is -0.324. The number of hydrogen-bond donors (Lipinski definition) is 2. The van der Waals surface area contributed by atoms with Crippen LogP contribution in [0.15, 0.2) is 16.6 Å². The molecular weight excluding hydrogens is 297 g/mol. The number of nitrogens with two attached hydrogens (primary N) is 1. The van der Waals surface area contributed by atoms with Crippen molar-refractivity contribution in [2.24, 2.45) is 0 Å². The molecule has 0 unspecified atom stereocenters. The molecule has 18 heavy (non-hydrogen) atoms. The van der Waals surface area contributed by atoms with Crippen LogP contribution in [0.25, 0.3) is 0 Å². The lowest BCUT2D eigenvalue weighted by Gasteiger charge is -2.15. The van der Waals surface area contributed by atoms with Gasteiger partial charge >= 0.3 is 0 Å². The van der Waals surface area contributed by atoms with Crippen LogP contribution in [0.1, 0.15) is 19.3 Å². The number of rotatable bonds is 5. The molecule has 5 heteroatoms. The van der Waals surface area contributed by atoms with Crippen molar-refractivity contribution in [3.8, 4) is 0 Å². The molecule has 0 spiro atoms. The summed E-state index contributed by atoms with van der Waals surface area (Å²) < 4.78 is 13.6. The number of anilines is 2. The van der Waals surface area contributed by atoms with E-state index in [-0.39, 0.29) is 5.82 Å². The van der Waals surface area contributed by atoms with Crippen molar-refractivity contribution in [2.75, 3.05) is 37.2 Å². The highest BCUT2D eigenvalue weighted by molar-refractivity contribution is 9.10. The van der Waals surface area contributed by atoms with E-state index in [0.29, 0.717) is 10.2 Å².